The third kappa shape index (κ3) is 6.89. The van der Waals surface area contributed by atoms with E-state index in [0.29, 0.717) is 23.6 Å². The Morgan fingerprint density at radius 2 is 1.71 bits per heavy atom. The fourth-order valence-electron chi connectivity index (χ4n) is 2.86. The van der Waals surface area contributed by atoms with Gasteiger partial charge in [-0.25, -0.2) is 5.43 Å². The Morgan fingerprint density at radius 3 is 2.47 bits per heavy atom. The minimum absolute atomic E-state index is 0.198. The summed E-state index contributed by atoms with van der Waals surface area (Å²) in [4.78, 5) is 37.2. The molecule has 3 N–H and O–H groups in total. The Morgan fingerprint density at radius 1 is 0.941 bits per heavy atom. The third-order valence-electron chi connectivity index (χ3n) is 4.54. The predicted molar refractivity (Wildman–Crippen MR) is 132 cm³/mol. The molecule has 3 amide bonds. The normalized spacial score (nSPS) is 10.4. The maximum absolute atomic E-state index is 12.7. The number of ether oxygens (including phenoxy) is 1. The third-order valence-corrected chi connectivity index (χ3v) is 4.54. The number of anilines is 2. The molecule has 3 rings (SSSR count). The minimum Gasteiger partial charge on any atom is -0.490 e. The molecule has 0 saturated carbocycles. The first-order valence-corrected chi connectivity index (χ1v) is 10.4. The number of nitrogens with zero attached hydrogens (tertiary/aromatic N) is 1. The number of hydrogen-bond acceptors (Lipinski definition) is 5. The van der Waals surface area contributed by atoms with Crippen molar-refractivity contribution in [2.45, 2.75) is 6.92 Å². The van der Waals surface area contributed by atoms with Gasteiger partial charge in [-0.15, -0.1) is 0 Å². The van der Waals surface area contributed by atoms with Gasteiger partial charge in [-0.2, -0.15) is 5.10 Å². The molecule has 8 nitrogen and oxygen atoms in total. The molecule has 8 heteroatoms. The molecule has 0 aliphatic rings. The van der Waals surface area contributed by atoms with Gasteiger partial charge in [-0.1, -0.05) is 54.6 Å². The SMILES string of the molecule is C=CCOc1cccc(/C=N\NC(=O)C(=O)Nc2ccccc2C(=O)Nc2ccc(C)cc2)c1. The molecule has 0 fully saturated rings. The van der Waals surface area contributed by atoms with Crippen LogP contribution in [-0.2, 0) is 9.59 Å². The number of amides is 3. The molecule has 0 unspecified atom stereocenters. The van der Waals surface area contributed by atoms with Gasteiger partial charge in [0, 0.05) is 5.69 Å². The second kappa shape index (κ2) is 11.8. The summed E-state index contributed by atoms with van der Waals surface area (Å²) in [6.07, 6.45) is 3.01. The topological polar surface area (TPSA) is 109 Å². The molecule has 0 heterocycles. The van der Waals surface area contributed by atoms with E-state index >= 15 is 0 Å². The van der Waals surface area contributed by atoms with Crippen LogP contribution in [0.15, 0.2) is 90.6 Å². The first-order chi connectivity index (χ1) is 16.5. The monoisotopic (exact) mass is 456 g/mol. The number of para-hydroxylation sites is 1. The van der Waals surface area contributed by atoms with Crippen molar-refractivity contribution in [2.75, 3.05) is 17.2 Å². The van der Waals surface area contributed by atoms with Crippen molar-refractivity contribution in [1.82, 2.24) is 5.43 Å². The smallest absolute Gasteiger partial charge is 0.329 e. The summed E-state index contributed by atoms with van der Waals surface area (Å²) in [5.41, 5.74) is 4.92. The molecule has 0 aliphatic heterocycles. The summed E-state index contributed by atoms with van der Waals surface area (Å²) in [6.45, 7) is 5.90. The molecule has 34 heavy (non-hydrogen) atoms. The van der Waals surface area contributed by atoms with Crippen LogP contribution in [0, 0.1) is 6.92 Å². The molecule has 3 aromatic carbocycles. The lowest BCUT2D eigenvalue weighted by Gasteiger charge is -2.11. The van der Waals surface area contributed by atoms with Gasteiger partial charge in [0.2, 0.25) is 0 Å². The van der Waals surface area contributed by atoms with Crippen molar-refractivity contribution in [3.05, 3.63) is 102 Å². The van der Waals surface area contributed by atoms with Crippen molar-refractivity contribution in [3.63, 3.8) is 0 Å². The van der Waals surface area contributed by atoms with Crippen LogP contribution in [0.3, 0.4) is 0 Å². The molecule has 0 atom stereocenters. The van der Waals surface area contributed by atoms with Crippen molar-refractivity contribution < 1.29 is 19.1 Å². The van der Waals surface area contributed by atoms with Crippen LogP contribution in [0.25, 0.3) is 0 Å². The van der Waals surface area contributed by atoms with E-state index in [-0.39, 0.29) is 11.3 Å². The number of rotatable bonds is 8. The maximum atomic E-state index is 12.7. The summed E-state index contributed by atoms with van der Waals surface area (Å²) >= 11 is 0. The molecular formula is C26H24N4O4. The molecule has 0 bridgehead atoms. The molecule has 172 valence electrons. The quantitative estimate of drug-likeness (QED) is 0.207. The predicted octanol–water partition coefficient (Wildman–Crippen LogP) is 3.90. The Labute approximate surface area is 197 Å². The molecule has 3 aromatic rings. The van der Waals surface area contributed by atoms with Crippen molar-refractivity contribution in [2.24, 2.45) is 5.10 Å². The van der Waals surface area contributed by atoms with E-state index < -0.39 is 17.7 Å². The highest BCUT2D eigenvalue weighted by Gasteiger charge is 2.17. The van der Waals surface area contributed by atoms with Crippen molar-refractivity contribution >= 4 is 35.3 Å². The van der Waals surface area contributed by atoms with E-state index in [1.807, 2.05) is 19.1 Å². The van der Waals surface area contributed by atoms with Crippen LogP contribution in [0.4, 0.5) is 11.4 Å². The van der Waals surface area contributed by atoms with Gasteiger partial charge in [-0.3, -0.25) is 14.4 Å². The highest BCUT2D eigenvalue weighted by atomic mass is 16.5. The summed E-state index contributed by atoms with van der Waals surface area (Å²) in [7, 11) is 0. The lowest BCUT2D eigenvalue weighted by Crippen LogP contribution is -2.33. The number of carbonyl (C=O) groups excluding carboxylic acids is 3. The van der Waals surface area contributed by atoms with Gasteiger partial charge in [0.15, 0.2) is 0 Å². The van der Waals surface area contributed by atoms with Gasteiger partial charge >= 0.3 is 11.8 Å². The van der Waals surface area contributed by atoms with Gasteiger partial charge in [0.05, 0.1) is 17.5 Å². The lowest BCUT2D eigenvalue weighted by atomic mass is 10.1. The number of benzene rings is 3. The molecule has 0 saturated heterocycles. The van der Waals surface area contributed by atoms with E-state index in [4.69, 9.17) is 4.74 Å². The summed E-state index contributed by atoms with van der Waals surface area (Å²) in [5.74, 6) is -1.75. The lowest BCUT2D eigenvalue weighted by molar-refractivity contribution is -0.136. The van der Waals surface area contributed by atoms with E-state index in [9.17, 15) is 14.4 Å². The average Bonchev–Trinajstić information content (AvgIpc) is 2.84. The van der Waals surface area contributed by atoms with Gasteiger partial charge in [0.25, 0.3) is 5.91 Å². The van der Waals surface area contributed by atoms with Crippen LogP contribution in [0.5, 0.6) is 5.75 Å². The second-order valence-corrected chi connectivity index (χ2v) is 7.19. The Hall–Kier alpha value is -4.72. The van der Waals surface area contributed by atoms with E-state index in [2.05, 4.69) is 27.7 Å². The number of nitrogens with one attached hydrogen (secondary N) is 3. The first-order valence-electron chi connectivity index (χ1n) is 10.4. The largest absolute Gasteiger partial charge is 0.490 e. The Bertz CT molecular complexity index is 1220. The van der Waals surface area contributed by atoms with Crippen molar-refractivity contribution in [3.8, 4) is 5.75 Å². The standard InChI is InChI=1S/C26H24N4O4/c1-3-15-34-21-8-6-7-19(16-21)17-27-30-26(33)25(32)29-23-10-5-4-9-22(23)24(31)28-20-13-11-18(2)12-14-20/h3-14,16-17H,1,15H2,2H3,(H,28,31)(H,29,32)(H,30,33)/b27-17-. The molecule has 0 aromatic heterocycles. The van der Waals surface area contributed by atoms with Gasteiger partial charge in [0.1, 0.15) is 12.4 Å². The zero-order chi connectivity index (χ0) is 24.3. The van der Waals surface area contributed by atoms with Gasteiger partial charge in [-0.05, 0) is 48.9 Å². The number of carbonyl (C=O) groups is 3. The van der Waals surface area contributed by atoms with Crippen LogP contribution in [0.2, 0.25) is 0 Å². The van der Waals surface area contributed by atoms with Crippen molar-refractivity contribution in [1.29, 1.82) is 0 Å². The summed E-state index contributed by atoms with van der Waals surface area (Å²) in [6, 6.07) is 20.7. The highest BCUT2D eigenvalue weighted by Crippen LogP contribution is 2.18. The second-order valence-electron chi connectivity index (χ2n) is 7.19. The van der Waals surface area contributed by atoms with E-state index in [1.165, 1.54) is 12.3 Å². The molecule has 0 aliphatic carbocycles. The Kier molecular flexibility index (Phi) is 8.29. The van der Waals surface area contributed by atoms with Crippen LogP contribution in [0.1, 0.15) is 21.5 Å². The zero-order valence-corrected chi connectivity index (χ0v) is 18.6. The Balaban J connectivity index is 1.60. The zero-order valence-electron chi connectivity index (χ0n) is 18.6. The molecular weight excluding hydrogens is 432 g/mol. The van der Waals surface area contributed by atoms with Crippen LogP contribution >= 0.6 is 0 Å². The number of aryl methyl sites for hydroxylation is 1. The summed E-state index contributed by atoms with van der Waals surface area (Å²) in [5, 5.41) is 9.03. The maximum Gasteiger partial charge on any atom is 0.329 e. The van der Waals surface area contributed by atoms with Crippen LogP contribution in [-0.4, -0.2) is 30.5 Å². The number of hydrogen-bond donors (Lipinski definition) is 3. The van der Waals surface area contributed by atoms with Gasteiger partial charge < -0.3 is 15.4 Å². The fourth-order valence-corrected chi connectivity index (χ4v) is 2.86. The molecule has 0 radical (unpaired) electrons. The molecule has 0 spiro atoms. The fraction of sp³-hybridized carbons (Fsp3) is 0.0769. The first kappa shape index (κ1) is 23.9. The van der Waals surface area contributed by atoms with E-state index in [1.54, 1.807) is 60.7 Å². The minimum atomic E-state index is -0.982. The average molecular weight is 457 g/mol. The summed E-state index contributed by atoms with van der Waals surface area (Å²) < 4.78 is 5.44. The highest BCUT2D eigenvalue weighted by molar-refractivity contribution is 6.40. The van der Waals surface area contributed by atoms with Crippen LogP contribution < -0.4 is 20.8 Å². The number of hydrazone groups is 1. The van der Waals surface area contributed by atoms with E-state index in [0.717, 1.165) is 5.56 Å².